The molecule has 0 aliphatic heterocycles. The fraction of sp³-hybridized carbons (Fsp3) is 0.333. The van der Waals surface area contributed by atoms with E-state index in [1.807, 2.05) is 39.1 Å². The normalized spacial score (nSPS) is 9.25. The van der Waals surface area contributed by atoms with E-state index >= 15 is 0 Å². The van der Waals surface area contributed by atoms with Crippen molar-refractivity contribution in [3.05, 3.63) is 30.1 Å². The monoisotopic (exact) mass is 163 g/mol. The standard InChI is InChI=1S/C7H7N3.C2H6/c1-6-5-9-10-7(6)3-2-4-8-10;1-2/h2-5H,1H3;1-2H3. The van der Waals surface area contributed by atoms with Gasteiger partial charge in [0.15, 0.2) is 0 Å². The fourth-order valence-corrected chi connectivity index (χ4v) is 0.953. The van der Waals surface area contributed by atoms with E-state index in [1.54, 1.807) is 10.8 Å². The summed E-state index contributed by atoms with van der Waals surface area (Å²) in [6, 6.07) is 3.90. The molecule has 0 bridgehead atoms. The number of hydrogen-bond acceptors (Lipinski definition) is 2. The molecule has 0 atom stereocenters. The maximum Gasteiger partial charge on any atom is 0.0902 e. The Morgan fingerprint density at radius 2 is 2.00 bits per heavy atom. The van der Waals surface area contributed by atoms with Crippen molar-refractivity contribution in [2.24, 2.45) is 0 Å². The molecule has 0 aromatic carbocycles. The van der Waals surface area contributed by atoms with E-state index in [-0.39, 0.29) is 0 Å². The van der Waals surface area contributed by atoms with E-state index in [4.69, 9.17) is 0 Å². The Balaban J connectivity index is 0.000000336. The molecule has 64 valence electrons. The lowest BCUT2D eigenvalue weighted by molar-refractivity contribution is 0.800. The van der Waals surface area contributed by atoms with Crippen LogP contribution in [0.5, 0.6) is 0 Å². The second-order valence-corrected chi connectivity index (χ2v) is 2.23. The third-order valence-corrected chi connectivity index (χ3v) is 1.50. The molecule has 0 N–H and O–H groups in total. The molecule has 3 heteroatoms. The van der Waals surface area contributed by atoms with Gasteiger partial charge < -0.3 is 0 Å². The summed E-state index contributed by atoms with van der Waals surface area (Å²) >= 11 is 0. The van der Waals surface area contributed by atoms with Gasteiger partial charge in [0.2, 0.25) is 0 Å². The van der Waals surface area contributed by atoms with Gasteiger partial charge in [-0.1, -0.05) is 13.8 Å². The van der Waals surface area contributed by atoms with E-state index in [9.17, 15) is 0 Å². The molecule has 2 rings (SSSR count). The SMILES string of the molecule is CC.Cc1cnn2ncccc12. The molecule has 0 unspecified atom stereocenters. The number of hydrogen-bond donors (Lipinski definition) is 0. The summed E-state index contributed by atoms with van der Waals surface area (Å²) in [6.07, 6.45) is 3.53. The van der Waals surface area contributed by atoms with Crippen LogP contribution in [0, 0.1) is 6.92 Å². The van der Waals surface area contributed by atoms with E-state index in [0.717, 1.165) is 11.1 Å². The van der Waals surface area contributed by atoms with E-state index in [1.165, 1.54) is 0 Å². The summed E-state index contributed by atoms with van der Waals surface area (Å²) in [5.41, 5.74) is 2.23. The van der Waals surface area contributed by atoms with Crippen LogP contribution < -0.4 is 0 Å². The number of fused-ring (bicyclic) bond motifs is 1. The molecule has 0 radical (unpaired) electrons. The van der Waals surface area contributed by atoms with Crippen LogP contribution in [0.2, 0.25) is 0 Å². The number of nitrogens with zero attached hydrogens (tertiary/aromatic N) is 3. The summed E-state index contributed by atoms with van der Waals surface area (Å²) in [5, 5.41) is 8.03. The molecule has 0 aliphatic carbocycles. The van der Waals surface area contributed by atoms with Gasteiger partial charge in [0.05, 0.1) is 11.7 Å². The van der Waals surface area contributed by atoms with E-state index < -0.39 is 0 Å². The van der Waals surface area contributed by atoms with Gasteiger partial charge in [-0.15, -0.1) is 0 Å². The Hall–Kier alpha value is -1.38. The highest BCUT2D eigenvalue weighted by Crippen LogP contribution is 2.04. The average molecular weight is 163 g/mol. The van der Waals surface area contributed by atoms with Crippen molar-refractivity contribution in [1.82, 2.24) is 14.8 Å². The largest absolute Gasteiger partial charge is 0.159 e. The first-order valence-electron chi connectivity index (χ1n) is 4.13. The van der Waals surface area contributed by atoms with Crippen LogP contribution in [0.25, 0.3) is 5.52 Å². The zero-order valence-electron chi connectivity index (χ0n) is 7.65. The first kappa shape index (κ1) is 8.71. The van der Waals surface area contributed by atoms with Crippen LogP contribution in [0.4, 0.5) is 0 Å². The first-order valence-corrected chi connectivity index (χ1v) is 4.13. The molecule has 2 aromatic heterocycles. The van der Waals surface area contributed by atoms with Crippen molar-refractivity contribution in [3.63, 3.8) is 0 Å². The lowest BCUT2D eigenvalue weighted by Gasteiger charge is -1.88. The van der Waals surface area contributed by atoms with Gasteiger partial charge in [-0.3, -0.25) is 0 Å². The van der Waals surface area contributed by atoms with Gasteiger partial charge in [0, 0.05) is 6.20 Å². The summed E-state index contributed by atoms with van der Waals surface area (Å²) in [5.74, 6) is 0. The Labute approximate surface area is 72.0 Å². The molecule has 0 spiro atoms. The Morgan fingerprint density at radius 1 is 1.25 bits per heavy atom. The molecule has 0 amide bonds. The second-order valence-electron chi connectivity index (χ2n) is 2.23. The Kier molecular flexibility index (Phi) is 2.80. The molecule has 0 saturated carbocycles. The zero-order chi connectivity index (χ0) is 8.97. The molecule has 2 aromatic rings. The molecule has 2 heterocycles. The predicted octanol–water partition coefficient (Wildman–Crippen LogP) is 2.06. The highest BCUT2D eigenvalue weighted by molar-refractivity contribution is 5.50. The van der Waals surface area contributed by atoms with Crippen molar-refractivity contribution in [2.45, 2.75) is 20.8 Å². The third kappa shape index (κ3) is 1.44. The lowest BCUT2D eigenvalue weighted by atomic mass is 10.3. The Bertz CT molecular complexity index is 351. The van der Waals surface area contributed by atoms with Crippen LogP contribution in [0.3, 0.4) is 0 Å². The minimum atomic E-state index is 1.07. The van der Waals surface area contributed by atoms with Crippen molar-refractivity contribution in [3.8, 4) is 0 Å². The molecular formula is C9H13N3. The second kappa shape index (κ2) is 3.85. The van der Waals surface area contributed by atoms with Gasteiger partial charge in [0.25, 0.3) is 0 Å². The number of rotatable bonds is 0. The predicted molar refractivity (Wildman–Crippen MR) is 49.1 cm³/mol. The lowest BCUT2D eigenvalue weighted by Crippen LogP contribution is -1.89. The van der Waals surface area contributed by atoms with Crippen LogP contribution >= 0.6 is 0 Å². The third-order valence-electron chi connectivity index (χ3n) is 1.50. The van der Waals surface area contributed by atoms with Crippen LogP contribution in [0.1, 0.15) is 19.4 Å². The maximum absolute atomic E-state index is 4.02. The van der Waals surface area contributed by atoms with Gasteiger partial charge in [0.1, 0.15) is 0 Å². The van der Waals surface area contributed by atoms with Gasteiger partial charge in [-0.05, 0) is 24.6 Å². The van der Waals surface area contributed by atoms with Crippen molar-refractivity contribution < 1.29 is 0 Å². The van der Waals surface area contributed by atoms with E-state index in [2.05, 4.69) is 10.2 Å². The molecule has 0 fully saturated rings. The minimum absolute atomic E-state index is 1.07. The molecule has 0 aliphatic rings. The van der Waals surface area contributed by atoms with Gasteiger partial charge >= 0.3 is 0 Å². The average Bonchev–Trinajstić information content (AvgIpc) is 2.53. The summed E-state index contributed by atoms with van der Waals surface area (Å²) < 4.78 is 1.62. The summed E-state index contributed by atoms with van der Waals surface area (Å²) in [6.45, 7) is 6.02. The van der Waals surface area contributed by atoms with Crippen LogP contribution in [0.15, 0.2) is 24.5 Å². The van der Waals surface area contributed by atoms with Crippen molar-refractivity contribution in [2.75, 3.05) is 0 Å². The van der Waals surface area contributed by atoms with Crippen LogP contribution in [-0.4, -0.2) is 14.8 Å². The zero-order valence-corrected chi connectivity index (χ0v) is 7.65. The van der Waals surface area contributed by atoms with E-state index in [0.29, 0.717) is 0 Å². The number of aromatic nitrogens is 3. The topological polar surface area (TPSA) is 30.2 Å². The highest BCUT2D eigenvalue weighted by Gasteiger charge is 1.95. The first-order chi connectivity index (χ1) is 5.88. The Morgan fingerprint density at radius 3 is 2.67 bits per heavy atom. The molecule has 0 saturated heterocycles. The van der Waals surface area contributed by atoms with Crippen molar-refractivity contribution >= 4 is 5.52 Å². The smallest absolute Gasteiger partial charge is 0.0902 e. The van der Waals surface area contributed by atoms with Gasteiger partial charge in [-0.25, -0.2) is 0 Å². The minimum Gasteiger partial charge on any atom is -0.159 e. The summed E-state index contributed by atoms with van der Waals surface area (Å²) in [4.78, 5) is 0. The summed E-state index contributed by atoms with van der Waals surface area (Å²) in [7, 11) is 0. The molecule has 3 nitrogen and oxygen atoms in total. The quantitative estimate of drug-likeness (QED) is 0.595. The maximum atomic E-state index is 4.02. The number of aryl methyl sites for hydroxylation is 1. The van der Waals surface area contributed by atoms with Crippen molar-refractivity contribution in [1.29, 1.82) is 0 Å². The fourth-order valence-electron chi connectivity index (χ4n) is 0.953. The molecular weight excluding hydrogens is 150 g/mol. The van der Waals surface area contributed by atoms with Crippen LogP contribution in [-0.2, 0) is 0 Å². The highest BCUT2D eigenvalue weighted by atomic mass is 15.4. The van der Waals surface area contributed by atoms with Gasteiger partial charge in [-0.2, -0.15) is 14.8 Å². The molecule has 12 heavy (non-hydrogen) atoms.